The van der Waals surface area contributed by atoms with Gasteiger partial charge in [0.2, 0.25) is 0 Å². The minimum absolute atomic E-state index is 0.119. The van der Waals surface area contributed by atoms with Gasteiger partial charge in [-0.25, -0.2) is 0 Å². The smallest absolute Gasteiger partial charge is 0.119 e. The lowest BCUT2D eigenvalue weighted by atomic mass is 9.96. The van der Waals surface area contributed by atoms with Crippen molar-refractivity contribution in [2.45, 2.75) is 31.8 Å². The van der Waals surface area contributed by atoms with Gasteiger partial charge in [0.15, 0.2) is 0 Å². The van der Waals surface area contributed by atoms with Crippen LogP contribution < -0.4 is 10.5 Å². The summed E-state index contributed by atoms with van der Waals surface area (Å²) in [5.74, 6) is 0.883. The van der Waals surface area contributed by atoms with Gasteiger partial charge >= 0.3 is 0 Å². The van der Waals surface area contributed by atoms with Gasteiger partial charge in [-0.15, -0.1) is 0 Å². The van der Waals surface area contributed by atoms with E-state index in [9.17, 15) is 0 Å². The number of benzene rings is 1. The minimum Gasteiger partial charge on any atom is -0.497 e. The highest BCUT2D eigenvalue weighted by Gasteiger charge is 2.32. The van der Waals surface area contributed by atoms with E-state index in [0.29, 0.717) is 0 Å². The third kappa shape index (κ3) is 1.73. The Morgan fingerprint density at radius 3 is 3.06 bits per heavy atom. The largest absolute Gasteiger partial charge is 0.497 e. The summed E-state index contributed by atoms with van der Waals surface area (Å²) >= 11 is 0. The average molecular weight is 243 g/mol. The number of allylic oxidation sites excluding steroid dienone is 1. The summed E-state index contributed by atoms with van der Waals surface area (Å²) in [6.07, 6.45) is 1.73. The standard InChI is InChI=1S/C14H17N3O/c1-8(15)5-12-14-11-7-10(18-2)4-3-9(11)6-13(14)17-16-12/h3-4,7-8,12H,5-6,15H2,1-2H3/t8-,12?/m0/s1. The number of hydrogen-bond donors (Lipinski definition) is 1. The predicted octanol–water partition coefficient (Wildman–Crippen LogP) is 2.53. The second kappa shape index (κ2) is 4.21. The molecule has 1 aromatic carbocycles. The van der Waals surface area contributed by atoms with Crippen LogP contribution in [0.4, 0.5) is 0 Å². The van der Waals surface area contributed by atoms with Crippen molar-refractivity contribution in [3.8, 4) is 5.75 Å². The van der Waals surface area contributed by atoms with Crippen LogP contribution >= 0.6 is 0 Å². The Hall–Kier alpha value is -1.68. The number of hydrogen-bond acceptors (Lipinski definition) is 4. The number of methoxy groups -OCH3 is 1. The van der Waals surface area contributed by atoms with Gasteiger partial charge in [-0.05, 0) is 36.6 Å². The van der Waals surface area contributed by atoms with E-state index in [-0.39, 0.29) is 12.1 Å². The van der Waals surface area contributed by atoms with Gasteiger partial charge in [0, 0.05) is 18.0 Å². The van der Waals surface area contributed by atoms with E-state index in [1.54, 1.807) is 7.11 Å². The molecule has 4 heteroatoms. The maximum absolute atomic E-state index is 5.88. The number of ether oxygens (including phenoxy) is 1. The lowest BCUT2D eigenvalue weighted by molar-refractivity contribution is 0.414. The van der Waals surface area contributed by atoms with Crippen molar-refractivity contribution >= 4 is 5.57 Å². The maximum atomic E-state index is 5.88. The van der Waals surface area contributed by atoms with Gasteiger partial charge in [0.25, 0.3) is 0 Å². The fourth-order valence-corrected chi connectivity index (χ4v) is 2.69. The number of fused-ring (bicyclic) bond motifs is 2. The summed E-state index contributed by atoms with van der Waals surface area (Å²) in [6, 6.07) is 6.45. The highest BCUT2D eigenvalue weighted by molar-refractivity contribution is 5.81. The predicted molar refractivity (Wildman–Crippen MR) is 70.5 cm³/mol. The van der Waals surface area contributed by atoms with Crippen molar-refractivity contribution < 1.29 is 4.74 Å². The van der Waals surface area contributed by atoms with Crippen LogP contribution in [0.25, 0.3) is 5.57 Å². The molecule has 94 valence electrons. The van der Waals surface area contributed by atoms with Gasteiger partial charge in [-0.2, -0.15) is 10.2 Å². The topological polar surface area (TPSA) is 60.0 Å². The minimum atomic E-state index is 0.119. The fourth-order valence-electron chi connectivity index (χ4n) is 2.69. The summed E-state index contributed by atoms with van der Waals surface area (Å²) in [7, 11) is 1.69. The zero-order valence-electron chi connectivity index (χ0n) is 10.7. The second-order valence-electron chi connectivity index (χ2n) is 5.00. The summed E-state index contributed by atoms with van der Waals surface area (Å²) in [4.78, 5) is 0. The molecule has 1 aliphatic carbocycles. The molecule has 2 aliphatic rings. The molecule has 1 heterocycles. The molecule has 18 heavy (non-hydrogen) atoms. The molecule has 1 aliphatic heterocycles. The van der Waals surface area contributed by atoms with E-state index in [2.05, 4.69) is 22.4 Å². The van der Waals surface area contributed by atoms with E-state index in [1.165, 1.54) is 16.7 Å². The zero-order chi connectivity index (χ0) is 12.7. The molecule has 1 unspecified atom stereocenters. The highest BCUT2D eigenvalue weighted by Crippen LogP contribution is 2.43. The number of nitrogens with zero attached hydrogens (tertiary/aromatic N) is 2. The van der Waals surface area contributed by atoms with Crippen LogP contribution in [0, 0.1) is 0 Å². The van der Waals surface area contributed by atoms with E-state index in [0.717, 1.165) is 24.3 Å². The zero-order valence-corrected chi connectivity index (χ0v) is 10.7. The summed E-state index contributed by atoms with van der Waals surface area (Å²) < 4.78 is 5.30. The molecule has 0 fully saturated rings. The molecular weight excluding hydrogens is 226 g/mol. The maximum Gasteiger partial charge on any atom is 0.119 e. The lowest BCUT2D eigenvalue weighted by Gasteiger charge is -2.14. The fraction of sp³-hybridized carbons (Fsp3) is 0.429. The summed E-state index contributed by atoms with van der Waals surface area (Å²) in [5, 5.41) is 8.66. The van der Waals surface area contributed by atoms with Crippen LogP contribution in [0.1, 0.15) is 24.5 Å². The van der Waals surface area contributed by atoms with Crippen LogP contribution in [-0.2, 0) is 6.42 Å². The molecule has 0 amide bonds. The van der Waals surface area contributed by atoms with E-state index >= 15 is 0 Å². The van der Waals surface area contributed by atoms with Crippen LogP contribution in [0.5, 0.6) is 5.75 Å². The summed E-state index contributed by atoms with van der Waals surface area (Å²) in [6.45, 7) is 2.01. The molecule has 0 radical (unpaired) electrons. The first-order chi connectivity index (χ1) is 8.69. The Kier molecular flexibility index (Phi) is 2.67. The Balaban J connectivity index is 1.98. The average Bonchev–Trinajstić information content (AvgIpc) is 2.88. The first-order valence-corrected chi connectivity index (χ1v) is 6.26. The molecule has 2 N–H and O–H groups in total. The monoisotopic (exact) mass is 243 g/mol. The van der Waals surface area contributed by atoms with Crippen LogP contribution in [-0.4, -0.2) is 19.2 Å². The SMILES string of the molecule is COc1ccc2c(c1)C1=C(C2)N=NC1C[C@H](C)N. The molecule has 3 rings (SSSR count). The van der Waals surface area contributed by atoms with Gasteiger partial charge in [0.05, 0.1) is 12.8 Å². The van der Waals surface area contributed by atoms with Gasteiger partial charge in [-0.1, -0.05) is 6.07 Å². The summed E-state index contributed by atoms with van der Waals surface area (Å²) in [5.41, 5.74) is 10.8. The first kappa shape index (κ1) is 11.4. The van der Waals surface area contributed by atoms with Crippen molar-refractivity contribution in [3.05, 3.63) is 35.0 Å². The number of rotatable bonds is 3. The molecule has 2 atom stereocenters. The number of azo groups is 1. The molecule has 0 bridgehead atoms. The van der Waals surface area contributed by atoms with Crippen LogP contribution in [0.15, 0.2) is 34.1 Å². The Morgan fingerprint density at radius 1 is 1.50 bits per heavy atom. The Bertz CT molecular complexity index is 546. The lowest BCUT2D eigenvalue weighted by Crippen LogP contribution is -2.21. The van der Waals surface area contributed by atoms with Crippen molar-refractivity contribution in [2.24, 2.45) is 16.0 Å². The van der Waals surface area contributed by atoms with Gasteiger partial charge < -0.3 is 10.5 Å². The highest BCUT2D eigenvalue weighted by atomic mass is 16.5. The normalized spacial score (nSPS) is 22.1. The molecule has 4 nitrogen and oxygen atoms in total. The molecule has 0 aromatic heterocycles. The third-order valence-corrected chi connectivity index (χ3v) is 3.52. The Morgan fingerprint density at radius 2 is 2.33 bits per heavy atom. The van der Waals surface area contributed by atoms with Crippen molar-refractivity contribution in [3.63, 3.8) is 0 Å². The quantitative estimate of drug-likeness (QED) is 0.886. The molecular formula is C14H17N3O. The van der Waals surface area contributed by atoms with Crippen molar-refractivity contribution in [1.29, 1.82) is 0 Å². The molecule has 0 spiro atoms. The first-order valence-electron chi connectivity index (χ1n) is 6.26. The van der Waals surface area contributed by atoms with Gasteiger partial charge in [0.1, 0.15) is 11.8 Å². The third-order valence-electron chi connectivity index (χ3n) is 3.52. The number of nitrogens with two attached hydrogens (primary N) is 1. The molecule has 0 saturated heterocycles. The Labute approximate surface area is 107 Å². The van der Waals surface area contributed by atoms with E-state index in [4.69, 9.17) is 10.5 Å². The van der Waals surface area contributed by atoms with Gasteiger partial charge in [-0.3, -0.25) is 0 Å². The molecule has 0 saturated carbocycles. The van der Waals surface area contributed by atoms with E-state index in [1.807, 2.05) is 13.0 Å². The second-order valence-corrected chi connectivity index (χ2v) is 5.00. The van der Waals surface area contributed by atoms with Crippen LogP contribution in [0.2, 0.25) is 0 Å². The van der Waals surface area contributed by atoms with E-state index < -0.39 is 0 Å². The molecule has 1 aromatic rings. The van der Waals surface area contributed by atoms with Crippen molar-refractivity contribution in [2.75, 3.05) is 7.11 Å². The van der Waals surface area contributed by atoms with Crippen molar-refractivity contribution in [1.82, 2.24) is 0 Å². The van der Waals surface area contributed by atoms with Crippen LogP contribution in [0.3, 0.4) is 0 Å².